The molecular weight excluding hydrogens is 382 g/mol. The summed E-state index contributed by atoms with van der Waals surface area (Å²) in [7, 11) is 2.08. The quantitative estimate of drug-likeness (QED) is 0.518. The average molecular weight is 410 g/mol. The first-order chi connectivity index (χ1) is 15.2. The molecule has 1 atom stereocenters. The smallest absolute Gasteiger partial charge is 0.251 e. The predicted octanol–water partition coefficient (Wildman–Crippen LogP) is 4.71. The molecule has 0 bridgehead atoms. The van der Waals surface area contributed by atoms with Crippen molar-refractivity contribution in [3.63, 3.8) is 0 Å². The van der Waals surface area contributed by atoms with E-state index in [9.17, 15) is 4.79 Å². The summed E-state index contributed by atoms with van der Waals surface area (Å²) in [6, 6.07) is 27.0. The van der Waals surface area contributed by atoms with E-state index in [1.54, 1.807) is 0 Å². The van der Waals surface area contributed by atoms with Crippen LogP contribution < -0.4 is 5.32 Å². The minimum atomic E-state index is -0.0200. The normalized spacial score (nSPS) is 14.9. The van der Waals surface area contributed by atoms with Crippen molar-refractivity contribution in [1.29, 1.82) is 0 Å². The van der Waals surface area contributed by atoms with Gasteiger partial charge in [0.1, 0.15) is 0 Å². The molecule has 2 heterocycles. The Morgan fingerprint density at radius 2 is 1.71 bits per heavy atom. The number of aryl methyl sites for hydroxylation is 1. The van der Waals surface area contributed by atoms with Crippen molar-refractivity contribution in [2.45, 2.75) is 19.0 Å². The van der Waals surface area contributed by atoms with Crippen LogP contribution in [0.25, 0.3) is 10.8 Å². The third-order valence-electron chi connectivity index (χ3n) is 6.42. The van der Waals surface area contributed by atoms with Gasteiger partial charge in [-0.15, -0.1) is 0 Å². The molecule has 31 heavy (non-hydrogen) atoms. The second-order valence-corrected chi connectivity index (χ2v) is 8.29. The second-order valence-electron chi connectivity index (χ2n) is 8.29. The van der Waals surface area contributed by atoms with Crippen LogP contribution in [0.2, 0.25) is 0 Å². The van der Waals surface area contributed by atoms with Gasteiger partial charge >= 0.3 is 0 Å². The van der Waals surface area contributed by atoms with Crippen LogP contribution in [-0.4, -0.2) is 28.5 Å². The number of benzene rings is 3. The minimum Gasteiger partial charge on any atom is -0.353 e. The highest BCUT2D eigenvalue weighted by molar-refractivity contribution is 6.07. The zero-order valence-corrected chi connectivity index (χ0v) is 17.8. The van der Waals surface area contributed by atoms with Gasteiger partial charge < -0.3 is 9.88 Å². The first-order valence-electron chi connectivity index (χ1n) is 10.9. The largest absolute Gasteiger partial charge is 0.353 e. The number of carbonyl (C=O) groups excluding carboxylic acids is 1. The van der Waals surface area contributed by atoms with Gasteiger partial charge in [0.2, 0.25) is 0 Å². The Kier molecular flexibility index (Phi) is 5.31. The van der Waals surface area contributed by atoms with Crippen LogP contribution in [-0.2, 0) is 20.0 Å². The summed E-state index contributed by atoms with van der Waals surface area (Å²) in [4.78, 5) is 15.6. The molecule has 0 saturated carbocycles. The highest BCUT2D eigenvalue weighted by atomic mass is 16.1. The van der Waals surface area contributed by atoms with Crippen molar-refractivity contribution in [1.82, 2.24) is 14.8 Å². The van der Waals surface area contributed by atoms with E-state index in [2.05, 4.69) is 64.4 Å². The van der Waals surface area contributed by atoms with Gasteiger partial charge in [-0.2, -0.15) is 0 Å². The molecule has 4 aromatic rings. The Morgan fingerprint density at radius 3 is 2.55 bits per heavy atom. The van der Waals surface area contributed by atoms with Gasteiger partial charge in [0.25, 0.3) is 5.91 Å². The number of hydrogen-bond donors (Lipinski definition) is 1. The third-order valence-corrected chi connectivity index (χ3v) is 6.42. The predicted molar refractivity (Wildman–Crippen MR) is 125 cm³/mol. The van der Waals surface area contributed by atoms with E-state index in [-0.39, 0.29) is 11.9 Å². The number of amides is 1. The Hall–Kier alpha value is -3.37. The molecule has 1 aromatic heterocycles. The number of rotatable bonds is 5. The molecule has 0 fully saturated rings. The van der Waals surface area contributed by atoms with Crippen LogP contribution in [0.15, 0.2) is 85.1 Å². The van der Waals surface area contributed by atoms with Crippen molar-refractivity contribution in [2.24, 2.45) is 7.05 Å². The van der Waals surface area contributed by atoms with E-state index in [0.717, 1.165) is 35.8 Å². The topological polar surface area (TPSA) is 37.3 Å². The average Bonchev–Trinajstić information content (AvgIpc) is 3.24. The lowest BCUT2D eigenvalue weighted by Crippen LogP contribution is -2.41. The van der Waals surface area contributed by atoms with E-state index in [1.165, 1.54) is 16.8 Å². The minimum absolute atomic E-state index is 0.0200. The summed E-state index contributed by atoms with van der Waals surface area (Å²) in [6.45, 7) is 2.45. The molecular formula is C27H27N3O. The molecule has 1 aliphatic heterocycles. The molecule has 1 unspecified atom stereocenters. The van der Waals surface area contributed by atoms with E-state index < -0.39 is 0 Å². The van der Waals surface area contributed by atoms with Crippen LogP contribution in [0.5, 0.6) is 0 Å². The number of nitrogens with one attached hydrogen (secondary N) is 1. The lowest BCUT2D eigenvalue weighted by atomic mass is 9.97. The maximum atomic E-state index is 13.2. The van der Waals surface area contributed by atoms with Crippen molar-refractivity contribution < 1.29 is 4.79 Å². The molecule has 1 N–H and O–H groups in total. The third kappa shape index (κ3) is 3.87. The van der Waals surface area contributed by atoms with Crippen LogP contribution in [0, 0.1) is 0 Å². The zero-order valence-electron chi connectivity index (χ0n) is 17.8. The lowest BCUT2D eigenvalue weighted by molar-refractivity contribution is 0.0927. The second kappa shape index (κ2) is 8.40. The van der Waals surface area contributed by atoms with Gasteiger partial charge in [-0.1, -0.05) is 60.7 Å². The maximum absolute atomic E-state index is 13.2. The maximum Gasteiger partial charge on any atom is 0.251 e. The van der Waals surface area contributed by atoms with Crippen LogP contribution in [0.4, 0.5) is 0 Å². The Bertz CT molecular complexity index is 1220. The standard InChI is InChI=1S/C27H27N3O/c1-29-16-7-14-25(29)26(30-17-15-20-8-2-3-10-22(20)19-30)18-28-27(31)24-13-6-11-21-9-4-5-12-23(21)24/h2-14,16,26H,15,17-19H2,1H3,(H,28,31). The number of hydrogen-bond acceptors (Lipinski definition) is 2. The molecule has 1 aliphatic rings. The summed E-state index contributed by atoms with van der Waals surface area (Å²) in [6.07, 6.45) is 3.11. The monoisotopic (exact) mass is 409 g/mol. The molecule has 0 radical (unpaired) electrons. The first-order valence-corrected chi connectivity index (χ1v) is 10.9. The number of fused-ring (bicyclic) bond motifs is 2. The molecule has 4 nitrogen and oxygen atoms in total. The fourth-order valence-corrected chi connectivity index (χ4v) is 4.73. The summed E-state index contributed by atoms with van der Waals surface area (Å²) in [5, 5.41) is 5.31. The number of nitrogens with zero attached hydrogens (tertiary/aromatic N) is 2. The van der Waals surface area contributed by atoms with Gasteiger partial charge in [0.15, 0.2) is 0 Å². The van der Waals surface area contributed by atoms with Gasteiger partial charge in [-0.05, 0) is 46.5 Å². The first kappa shape index (κ1) is 19.6. The van der Waals surface area contributed by atoms with Gasteiger partial charge in [0, 0.05) is 44.1 Å². The molecule has 0 saturated heterocycles. The number of aromatic nitrogens is 1. The fourth-order valence-electron chi connectivity index (χ4n) is 4.73. The van der Waals surface area contributed by atoms with Crippen LogP contribution in [0.1, 0.15) is 33.2 Å². The van der Waals surface area contributed by atoms with E-state index in [4.69, 9.17) is 0 Å². The van der Waals surface area contributed by atoms with Gasteiger partial charge in [0.05, 0.1) is 6.04 Å². The SMILES string of the molecule is Cn1cccc1C(CNC(=O)c1cccc2ccccc12)N1CCc2ccccc2C1. The van der Waals surface area contributed by atoms with Crippen molar-refractivity contribution in [3.8, 4) is 0 Å². The van der Waals surface area contributed by atoms with Crippen molar-refractivity contribution in [2.75, 3.05) is 13.1 Å². The fraction of sp³-hybridized carbons (Fsp3) is 0.222. The number of carbonyl (C=O) groups is 1. The highest BCUT2D eigenvalue weighted by Gasteiger charge is 2.27. The molecule has 3 aromatic carbocycles. The summed E-state index contributed by atoms with van der Waals surface area (Å²) >= 11 is 0. The zero-order chi connectivity index (χ0) is 21.2. The van der Waals surface area contributed by atoms with Gasteiger partial charge in [-0.3, -0.25) is 9.69 Å². The van der Waals surface area contributed by atoms with Crippen molar-refractivity contribution in [3.05, 3.63) is 107 Å². The molecule has 5 rings (SSSR count). The molecule has 156 valence electrons. The molecule has 0 spiro atoms. The summed E-state index contributed by atoms with van der Waals surface area (Å²) < 4.78 is 2.16. The highest BCUT2D eigenvalue weighted by Crippen LogP contribution is 2.28. The lowest BCUT2D eigenvalue weighted by Gasteiger charge is -2.36. The van der Waals surface area contributed by atoms with E-state index in [1.807, 2.05) is 42.5 Å². The Balaban J connectivity index is 1.39. The van der Waals surface area contributed by atoms with E-state index in [0.29, 0.717) is 6.54 Å². The van der Waals surface area contributed by atoms with Crippen LogP contribution >= 0.6 is 0 Å². The van der Waals surface area contributed by atoms with Gasteiger partial charge in [-0.25, -0.2) is 0 Å². The summed E-state index contributed by atoms with van der Waals surface area (Å²) in [5.74, 6) is -0.0200. The summed E-state index contributed by atoms with van der Waals surface area (Å²) in [5.41, 5.74) is 4.77. The van der Waals surface area contributed by atoms with Crippen molar-refractivity contribution >= 4 is 16.7 Å². The Morgan fingerprint density at radius 1 is 0.935 bits per heavy atom. The van der Waals surface area contributed by atoms with Crippen LogP contribution in [0.3, 0.4) is 0 Å². The van der Waals surface area contributed by atoms with E-state index >= 15 is 0 Å². The Labute approximate surface area is 183 Å². The molecule has 4 heteroatoms. The molecule has 1 amide bonds. The molecule has 0 aliphatic carbocycles.